The second kappa shape index (κ2) is 8.67. The smallest absolute Gasteiger partial charge is 0.258 e. The molecule has 33 heavy (non-hydrogen) atoms. The topological polar surface area (TPSA) is 129 Å². The average molecular weight is 441 g/mol. The van der Waals surface area contributed by atoms with E-state index in [-0.39, 0.29) is 17.1 Å². The molecule has 162 valence electrons. The lowest BCUT2D eigenvalue weighted by Crippen LogP contribution is -1.96. The van der Waals surface area contributed by atoms with Crippen LogP contribution in [0.3, 0.4) is 0 Å². The predicted octanol–water partition coefficient (Wildman–Crippen LogP) is 6.41. The van der Waals surface area contributed by atoms with Gasteiger partial charge in [-0.15, -0.1) is 0 Å². The van der Waals surface area contributed by atoms with Gasteiger partial charge in [-0.2, -0.15) is 0 Å². The number of benzene rings is 4. The van der Waals surface area contributed by atoms with Gasteiger partial charge in [-0.3, -0.25) is 30.3 Å². The van der Waals surface area contributed by atoms with Crippen LogP contribution in [0.15, 0.2) is 91.0 Å². The molecule has 0 fully saturated rings. The fourth-order valence-corrected chi connectivity index (χ4v) is 3.72. The molecule has 0 atom stereocenters. The van der Waals surface area contributed by atoms with E-state index in [9.17, 15) is 30.3 Å². The van der Waals surface area contributed by atoms with Gasteiger partial charge in [0, 0.05) is 18.2 Å². The molecule has 0 aliphatic heterocycles. The van der Waals surface area contributed by atoms with E-state index in [0.717, 1.165) is 0 Å². The van der Waals surface area contributed by atoms with Crippen LogP contribution in [0.5, 0.6) is 0 Å². The molecule has 0 N–H and O–H groups in total. The third kappa shape index (κ3) is 4.15. The van der Waals surface area contributed by atoms with Crippen molar-refractivity contribution in [2.45, 2.75) is 0 Å². The summed E-state index contributed by atoms with van der Waals surface area (Å²) in [6, 6.07) is 23.2. The first kappa shape index (κ1) is 21.3. The van der Waals surface area contributed by atoms with Gasteiger partial charge in [0.15, 0.2) is 0 Å². The highest BCUT2D eigenvalue weighted by molar-refractivity contribution is 5.87. The highest BCUT2D eigenvalue weighted by Crippen LogP contribution is 2.40. The number of hydrogen-bond acceptors (Lipinski definition) is 6. The highest BCUT2D eigenvalue weighted by atomic mass is 16.6. The molecule has 0 saturated carbocycles. The first-order chi connectivity index (χ1) is 15.9. The minimum Gasteiger partial charge on any atom is -0.258 e. The zero-order chi connectivity index (χ0) is 23.5. The van der Waals surface area contributed by atoms with E-state index < -0.39 is 14.8 Å². The van der Waals surface area contributed by atoms with Crippen molar-refractivity contribution < 1.29 is 14.8 Å². The van der Waals surface area contributed by atoms with E-state index in [4.69, 9.17) is 0 Å². The molecular weight excluding hydrogens is 426 g/mol. The van der Waals surface area contributed by atoms with E-state index in [2.05, 4.69) is 0 Å². The Labute approximate surface area is 187 Å². The van der Waals surface area contributed by atoms with E-state index in [1.807, 2.05) is 0 Å². The van der Waals surface area contributed by atoms with Crippen molar-refractivity contribution in [3.05, 3.63) is 121 Å². The van der Waals surface area contributed by atoms with Crippen molar-refractivity contribution >= 4 is 17.1 Å². The van der Waals surface area contributed by atoms with Gasteiger partial charge < -0.3 is 0 Å². The van der Waals surface area contributed by atoms with Crippen LogP contribution in [-0.4, -0.2) is 14.8 Å². The first-order valence-corrected chi connectivity index (χ1v) is 9.73. The van der Waals surface area contributed by atoms with Gasteiger partial charge in [0.2, 0.25) is 0 Å². The molecule has 4 rings (SSSR count). The fraction of sp³-hybridized carbons (Fsp3) is 0. The third-order valence-corrected chi connectivity index (χ3v) is 5.17. The zero-order valence-corrected chi connectivity index (χ0v) is 17.0. The standard InChI is InChI=1S/C24H15N3O6/c28-25(29)22-10-4-1-7-19(22)16-13-17(20-8-2-5-11-23(20)26(30)31)15-18(14-16)21-9-3-6-12-24(21)27(32)33/h1-15H. The number of para-hydroxylation sites is 3. The molecule has 0 bridgehead atoms. The average Bonchev–Trinajstić information content (AvgIpc) is 2.83. The molecule has 0 amide bonds. The lowest BCUT2D eigenvalue weighted by molar-refractivity contribution is -0.384. The van der Waals surface area contributed by atoms with Crippen LogP contribution < -0.4 is 0 Å². The van der Waals surface area contributed by atoms with E-state index in [1.165, 1.54) is 36.4 Å². The van der Waals surface area contributed by atoms with Crippen molar-refractivity contribution in [3.63, 3.8) is 0 Å². The summed E-state index contributed by atoms with van der Waals surface area (Å²) in [4.78, 5) is 33.3. The maximum Gasteiger partial charge on any atom is 0.277 e. The second-order valence-electron chi connectivity index (χ2n) is 7.12. The molecular formula is C24H15N3O6. The molecule has 4 aromatic rings. The maximum absolute atomic E-state index is 11.6. The Morgan fingerprint density at radius 1 is 0.424 bits per heavy atom. The zero-order valence-electron chi connectivity index (χ0n) is 17.0. The quantitative estimate of drug-likeness (QED) is 0.251. The highest BCUT2D eigenvalue weighted by Gasteiger charge is 2.21. The summed E-state index contributed by atoms with van der Waals surface area (Å²) in [6.45, 7) is 0. The van der Waals surface area contributed by atoms with Gasteiger partial charge in [-0.1, -0.05) is 36.4 Å². The van der Waals surface area contributed by atoms with Crippen molar-refractivity contribution in [2.75, 3.05) is 0 Å². The first-order valence-electron chi connectivity index (χ1n) is 9.73. The summed E-state index contributed by atoms with van der Waals surface area (Å²) in [5.41, 5.74) is 1.67. The number of nitro benzene ring substituents is 3. The number of hydrogen-bond donors (Lipinski definition) is 0. The van der Waals surface area contributed by atoms with Crippen molar-refractivity contribution in [1.29, 1.82) is 0 Å². The summed E-state index contributed by atoms with van der Waals surface area (Å²) in [5, 5.41) is 34.9. The second-order valence-corrected chi connectivity index (χ2v) is 7.12. The Balaban J connectivity index is 2.06. The molecule has 0 saturated heterocycles. The molecule has 0 aliphatic carbocycles. The largest absolute Gasteiger partial charge is 0.277 e. The predicted molar refractivity (Wildman–Crippen MR) is 123 cm³/mol. The molecule has 0 radical (unpaired) electrons. The van der Waals surface area contributed by atoms with Crippen molar-refractivity contribution in [1.82, 2.24) is 0 Å². The number of rotatable bonds is 6. The van der Waals surface area contributed by atoms with Crippen LogP contribution in [0.25, 0.3) is 33.4 Å². The summed E-state index contributed by atoms with van der Waals surface area (Å²) in [6.07, 6.45) is 0. The lowest BCUT2D eigenvalue weighted by atomic mass is 9.91. The van der Waals surface area contributed by atoms with E-state index in [1.54, 1.807) is 54.6 Å². The van der Waals surface area contributed by atoms with Crippen LogP contribution in [0.1, 0.15) is 0 Å². The molecule has 0 aromatic heterocycles. The Morgan fingerprint density at radius 2 is 0.667 bits per heavy atom. The normalized spacial score (nSPS) is 10.5. The van der Waals surface area contributed by atoms with Gasteiger partial charge in [0.1, 0.15) is 0 Å². The minimum atomic E-state index is -0.516. The monoisotopic (exact) mass is 441 g/mol. The molecule has 9 heteroatoms. The molecule has 0 spiro atoms. The van der Waals surface area contributed by atoms with Gasteiger partial charge in [-0.25, -0.2) is 0 Å². The van der Waals surface area contributed by atoms with Crippen LogP contribution in [0.2, 0.25) is 0 Å². The van der Waals surface area contributed by atoms with Crippen molar-refractivity contribution in [2.24, 2.45) is 0 Å². The summed E-state index contributed by atoms with van der Waals surface area (Å²) < 4.78 is 0. The maximum atomic E-state index is 11.6. The van der Waals surface area contributed by atoms with Crippen LogP contribution >= 0.6 is 0 Å². The molecule has 0 heterocycles. The molecule has 4 aromatic carbocycles. The summed E-state index contributed by atoms with van der Waals surface area (Å²) >= 11 is 0. The molecule has 9 nitrogen and oxygen atoms in total. The Morgan fingerprint density at radius 3 is 0.909 bits per heavy atom. The Kier molecular flexibility index (Phi) is 5.60. The van der Waals surface area contributed by atoms with Gasteiger partial charge in [0.05, 0.1) is 31.5 Å². The van der Waals surface area contributed by atoms with Gasteiger partial charge in [0.25, 0.3) is 17.1 Å². The fourth-order valence-electron chi connectivity index (χ4n) is 3.72. The number of nitro groups is 3. The Bertz CT molecular complexity index is 1230. The Hall–Kier alpha value is -4.92. The van der Waals surface area contributed by atoms with Gasteiger partial charge >= 0.3 is 0 Å². The van der Waals surface area contributed by atoms with E-state index >= 15 is 0 Å². The molecule has 0 unspecified atom stereocenters. The van der Waals surface area contributed by atoms with Crippen molar-refractivity contribution in [3.8, 4) is 33.4 Å². The van der Waals surface area contributed by atoms with Crippen LogP contribution in [0.4, 0.5) is 17.1 Å². The lowest BCUT2D eigenvalue weighted by Gasteiger charge is -2.12. The SMILES string of the molecule is O=[N+]([O-])c1ccccc1-c1cc(-c2ccccc2[N+](=O)[O-])cc(-c2ccccc2[N+](=O)[O-])c1. The van der Waals surface area contributed by atoms with Crippen LogP contribution in [0, 0.1) is 30.3 Å². The molecule has 0 aliphatic rings. The summed E-state index contributed by atoms with van der Waals surface area (Å²) in [7, 11) is 0. The summed E-state index contributed by atoms with van der Waals surface area (Å²) in [5.74, 6) is 0. The number of nitrogens with zero attached hydrogens (tertiary/aromatic N) is 3. The van der Waals surface area contributed by atoms with Crippen LogP contribution in [-0.2, 0) is 0 Å². The third-order valence-electron chi connectivity index (χ3n) is 5.17. The van der Waals surface area contributed by atoms with Gasteiger partial charge in [-0.05, 0) is 53.1 Å². The minimum absolute atomic E-state index is 0.147. The van der Waals surface area contributed by atoms with E-state index in [0.29, 0.717) is 33.4 Å².